The van der Waals surface area contributed by atoms with E-state index in [2.05, 4.69) is 52.7 Å². The second-order valence-electron chi connectivity index (χ2n) is 5.90. The fraction of sp³-hybridized carbons (Fsp3) is 0.714. The lowest BCUT2D eigenvalue weighted by atomic mass is 9.84. The van der Waals surface area contributed by atoms with Crippen LogP contribution in [0.15, 0.2) is 6.07 Å². The zero-order valence-corrected chi connectivity index (χ0v) is 13.6. The van der Waals surface area contributed by atoms with Crippen LogP contribution in [0.5, 0.6) is 0 Å². The number of hydrogen-bond donors (Lipinski definition) is 0. The molecule has 6 nitrogen and oxygen atoms in total. The first-order chi connectivity index (χ1) is 9.72. The van der Waals surface area contributed by atoms with Gasteiger partial charge in [-0.2, -0.15) is 14.7 Å². The van der Waals surface area contributed by atoms with Gasteiger partial charge in [0.25, 0.3) is 0 Å². The second kappa shape index (κ2) is 6.56. The SMILES string of the molecule is CCc1cc(B2OC(C)(C)C(C)(C)O2)n(CC)n1.O=C=O. The summed E-state index contributed by atoms with van der Waals surface area (Å²) in [7, 11) is -0.317. The van der Waals surface area contributed by atoms with Crippen molar-refractivity contribution in [2.45, 2.75) is 65.7 Å². The summed E-state index contributed by atoms with van der Waals surface area (Å²) in [6.07, 6.45) is 1.18. The van der Waals surface area contributed by atoms with Crippen LogP contribution in [-0.2, 0) is 31.9 Å². The molecule has 0 amide bonds. The summed E-state index contributed by atoms with van der Waals surface area (Å²) >= 11 is 0. The Morgan fingerprint density at radius 3 is 2.05 bits per heavy atom. The van der Waals surface area contributed by atoms with Crippen molar-refractivity contribution in [1.82, 2.24) is 9.78 Å². The van der Waals surface area contributed by atoms with Crippen LogP contribution in [0, 0.1) is 0 Å². The zero-order chi connectivity index (χ0) is 16.3. The van der Waals surface area contributed by atoms with Crippen LogP contribution in [0.3, 0.4) is 0 Å². The maximum atomic E-state index is 8.12. The predicted molar refractivity (Wildman–Crippen MR) is 78.0 cm³/mol. The maximum Gasteiger partial charge on any atom is 0.514 e. The standard InChI is InChI=1S/C13H23BN2O2.CO2/c1-7-10-9-11(16(8-2)15-10)14-17-12(3,4)13(5,6)18-14;2-1-3/h9H,7-8H2,1-6H3;. The van der Waals surface area contributed by atoms with Crippen LogP contribution in [-0.4, -0.2) is 34.3 Å². The van der Waals surface area contributed by atoms with E-state index in [-0.39, 0.29) is 24.5 Å². The Kier molecular flexibility index (Phi) is 5.51. The molecule has 1 aromatic rings. The Bertz CT molecular complexity index is 503. The average molecular weight is 294 g/mol. The first-order valence-corrected chi connectivity index (χ1v) is 7.14. The molecule has 0 radical (unpaired) electrons. The van der Waals surface area contributed by atoms with Gasteiger partial charge < -0.3 is 9.31 Å². The molecule has 1 aliphatic rings. The molecule has 2 heterocycles. The van der Waals surface area contributed by atoms with Gasteiger partial charge >= 0.3 is 13.3 Å². The third-order valence-corrected chi connectivity index (χ3v) is 4.02. The van der Waals surface area contributed by atoms with E-state index < -0.39 is 0 Å². The van der Waals surface area contributed by atoms with Gasteiger partial charge in [0.15, 0.2) is 0 Å². The molecule has 1 aliphatic heterocycles. The fourth-order valence-electron chi connectivity index (χ4n) is 2.07. The van der Waals surface area contributed by atoms with Crippen LogP contribution in [0.2, 0.25) is 0 Å². The minimum absolute atomic E-state index is 0.250. The second-order valence-corrected chi connectivity index (χ2v) is 5.90. The summed E-state index contributed by atoms with van der Waals surface area (Å²) in [4.78, 5) is 16.2. The molecule has 0 unspecified atom stereocenters. The van der Waals surface area contributed by atoms with Gasteiger partial charge in [0, 0.05) is 6.54 Å². The first kappa shape index (κ1) is 17.6. The summed E-state index contributed by atoms with van der Waals surface area (Å²) in [5.74, 6) is 0. The van der Waals surface area contributed by atoms with Gasteiger partial charge in [0.2, 0.25) is 0 Å². The number of hydrogen-bond acceptors (Lipinski definition) is 5. The van der Waals surface area contributed by atoms with Crippen molar-refractivity contribution in [2.24, 2.45) is 0 Å². The topological polar surface area (TPSA) is 70.4 Å². The molecule has 7 heteroatoms. The summed E-state index contributed by atoms with van der Waals surface area (Å²) < 4.78 is 14.1. The smallest absolute Gasteiger partial charge is 0.398 e. The van der Waals surface area contributed by atoms with Crippen LogP contribution >= 0.6 is 0 Å². The lowest BCUT2D eigenvalue weighted by molar-refractivity contribution is -0.191. The monoisotopic (exact) mass is 294 g/mol. The van der Waals surface area contributed by atoms with Crippen molar-refractivity contribution in [3.8, 4) is 0 Å². The molecule has 1 saturated heterocycles. The van der Waals surface area contributed by atoms with Gasteiger partial charge in [-0.1, -0.05) is 6.92 Å². The van der Waals surface area contributed by atoms with Gasteiger partial charge in [-0.15, -0.1) is 0 Å². The predicted octanol–water partition coefficient (Wildman–Crippen LogP) is 1.18. The highest BCUT2D eigenvalue weighted by molar-refractivity contribution is 6.61. The lowest BCUT2D eigenvalue weighted by Gasteiger charge is -2.32. The quantitative estimate of drug-likeness (QED) is 0.783. The lowest BCUT2D eigenvalue weighted by Crippen LogP contribution is -2.41. The number of carbonyl (C=O) groups excluding carboxylic acids is 2. The normalized spacial score (nSPS) is 18.9. The van der Waals surface area contributed by atoms with Crippen molar-refractivity contribution in [3.63, 3.8) is 0 Å². The Morgan fingerprint density at radius 2 is 1.67 bits per heavy atom. The van der Waals surface area contributed by atoms with Gasteiger partial charge in [0.05, 0.1) is 22.5 Å². The molecule has 0 N–H and O–H groups in total. The minimum atomic E-state index is -0.317. The molecule has 0 atom stereocenters. The number of aryl methyl sites for hydroxylation is 2. The molecule has 116 valence electrons. The van der Waals surface area contributed by atoms with Crippen molar-refractivity contribution in [3.05, 3.63) is 11.8 Å². The first-order valence-electron chi connectivity index (χ1n) is 7.14. The minimum Gasteiger partial charge on any atom is -0.398 e. The summed E-state index contributed by atoms with van der Waals surface area (Å²) in [6, 6.07) is 2.09. The Hall–Kier alpha value is -1.43. The Morgan fingerprint density at radius 1 is 1.19 bits per heavy atom. The molecular formula is C14H23BN2O4. The van der Waals surface area contributed by atoms with E-state index in [0.29, 0.717) is 0 Å². The Labute approximate surface area is 125 Å². The van der Waals surface area contributed by atoms with E-state index in [4.69, 9.17) is 18.9 Å². The maximum absolute atomic E-state index is 8.12. The summed E-state index contributed by atoms with van der Waals surface area (Å²) in [6.45, 7) is 13.3. The molecule has 0 bridgehead atoms. The molecule has 2 rings (SSSR count). The van der Waals surface area contributed by atoms with E-state index in [0.717, 1.165) is 24.3 Å². The van der Waals surface area contributed by atoms with Gasteiger partial charge in [-0.05, 0) is 47.1 Å². The molecular weight excluding hydrogens is 271 g/mol. The van der Waals surface area contributed by atoms with Gasteiger partial charge in [0.1, 0.15) is 0 Å². The number of rotatable bonds is 3. The third kappa shape index (κ3) is 3.61. The van der Waals surface area contributed by atoms with Crippen LogP contribution in [0.4, 0.5) is 0 Å². The van der Waals surface area contributed by atoms with Crippen LogP contribution in [0.25, 0.3) is 0 Å². The zero-order valence-electron chi connectivity index (χ0n) is 13.6. The van der Waals surface area contributed by atoms with Crippen LogP contribution < -0.4 is 5.59 Å². The molecule has 0 spiro atoms. The summed E-state index contributed by atoms with van der Waals surface area (Å²) in [5.41, 5.74) is 1.51. The number of aromatic nitrogens is 2. The van der Waals surface area contributed by atoms with Gasteiger partial charge in [-0.25, -0.2) is 0 Å². The number of nitrogens with zero attached hydrogens (tertiary/aromatic N) is 2. The molecule has 0 aromatic carbocycles. The van der Waals surface area contributed by atoms with Crippen molar-refractivity contribution in [2.75, 3.05) is 0 Å². The average Bonchev–Trinajstić information content (AvgIpc) is 2.89. The highest BCUT2D eigenvalue weighted by atomic mass is 16.7. The van der Waals surface area contributed by atoms with Crippen LogP contribution in [0.1, 0.15) is 47.2 Å². The van der Waals surface area contributed by atoms with Crippen molar-refractivity contribution in [1.29, 1.82) is 0 Å². The van der Waals surface area contributed by atoms with Gasteiger partial charge in [-0.3, -0.25) is 4.68 Å². The third-order valence-electron chi connectivity index (χ3n) is 4.02. The fourth-order valence-corrected chi connectivity index (χ4v) is 2.07. The molecule has 0 saturated carbocycles. The van der Waals surface area contributed by atoms with E-state index in [1.165, 1.54) is 0 Å². The highest BCUT2D eigenvalue weighted by Crippen LogP contribution is 2.36. The van der Waals surface area contributed by atoms with Crippen molar-refractivity contribution >= 4 is 18.9 Å². The van der Waals surface area contributed by atoms with E-state index >= 15 is 0 Å². The molecule has 1 aromatic heterocycles. The van der Waals surface area contributed by atoms with E-state index in [1.807, 2.05) is 4.68 Å². The highest BCUT2D eigenvalue weighted by Gasteiger charge is 2.52. The summed E-state index contributed by atoms with van der Waals surface area (Å²) in [5, 5.41) is 4.54. The largest absolute Gasteiger partial charge is 0.514 e. The Balaban J connectivity index is 0.000000677. The van der Waals surface area contributed by atoms with Crippen molar-refractivity contribution < 1.29 is 18.9 Å². The van der Waals surface area contributed by atoms with E-state index in [1.54, 1.807) is 0 Å². The molecule has 0 aliphatic carbocycles. The molecule has 21 heavy (non-hydrogen) atoms. The van der Waals surface area contributed by atoms with E-state index in [9.17, 15) is 0 Å². The molecule has 1 fully saturated rings.